The van der Waals surface area contributed by atoms with Gasteiger partial charge in [0.1, 0.15) is 12.2 Å². The lowest BCUT2D eigenvalue weighted by atomic mass is 10.0. The molecule has 39 heavy (non-hydrogen) atoms. The van der Waals surface area contributed by atoms with Crippen molar-refractivity contribution in [2.75, 3.05) is 32.0 Å². The van der Waals surface area contributed by atoms with Crippen LogP contribution >= 0.6 is 7.82 Å². The Morgan fingerprint density at radius 3 is 2.56 bits per heavy atom. The summed E-state index contributed by atoms with van der Waals surface area (Å²) in [7, 11) is -11.0. The summed E-state index contributed by atoms with van der Waals surface area (Å²) in [4.78, 5) is 32.0. The van der Waals surface area contributed by atoms with E-state index in [0.29, 0.717) is 12.0 Å². The summed E-state index contributed by atoms with van der Waals surface area (Å²) < 4.78 is 129. The molecule has 1 aliphatic heterocycles. The molecule has 1 aliphatic rings. The van der Waals surface area contributed by atoms with Gasteiger partial charge in [-0.25, -0.2) is 17.8 Å². The highest BCUT2D eigenvalue weighted by Gasteiger charge is 2.37. The third kappa shape index (κ3) is 9.87. The summed E-state index contributed by atoms with van der Waals surface area (Å²) in [5.41, 5.74) is 6.12. The number of sulfonamides is 1. The molecule has 3 atom stereocenters. The van der Waals surface area contributed by atoms with Gasteiger partial charge in [-0.3, -0.25) is 4.52 Å². The second-order valence-electron chi connectivity index (χ2n) is 8.56. The van der Waals surface area contributed by atoms with Gasteiger partial charge in [0.15, 0.2) is 0 Å². The van der Waals surface area contributed by atoms with Crippen molar-refractivity contribution in [3.8, 4) is 0 Å². The molecule has 0 spiro atoms. The van der Waals surface area contributed by atoms with E-state index in [4.69, 9.17) is 32.1 Å². The van der Waals surface area contributed by atoms with E-state index in [1.54, 1.807) is 30.3 Å². The first kappa shape index (κ1) is 20.4. The predicted molar refractivity (Wildman–Crippen MR) is 144 cm³/mol. The van der Waals surface area contributed by atoms with Gasteiger partial charge in [-0.2, -0.15) is 4.31 Å². The quantitative estimate of drug-likeness (QED) is 0.199. The summed E-state index contributed by atoms with van der Waals surface area (Å²) in [6.07, 6.45) is -4.10. The van der Waals surface area contributed by atoms with Gasteiger partial charge in [-0.1, -0.05) is 44.0 Å². The minimum absolute atomic E-state index is 0.0445. The van der Waals surface area contributed by atoms with Gasteiger partial charge in [-0.05, 0) is 42.1 Å². The molecule has 216 valence electrons. The van der Waals surface area contributed by atoms with E-state index in [1.807, 2.05) is 0 Å². The third-order valence-corrected chi connectivity index (χ3v) is 7.77. The molecule has 0 radical (unpaired) electrons. The molecular weight excluding hydrogens is 549 g/mol. The van der Waals surface area contributed by atoms with E-state index in [1.165, 1.54) is 0 Å². The van der Waals surface area contributed by atoms with Gasteiger partial charge in [0.2, 0.25) is 10.0 Å². The fourth-order valence-corrected chi connectivity index (χ4v) is 5.61. The largest absolute Gasteiger partial charge is 0.469 e. The maximum absolute atomic E-state index is 14.1. The lowest BCUT2D eigenvalue weighted by Crippen LogP contribution is -2.52. The Bertz CT molecular complexity index is 1540. The van der Waals surface area contributed by atoms with E-state index in [0.717, 1.165) is 24.3 Å². The number of alkyl carbamates (subject to hydrolysis) is 1. The van der Waals surface area contributed by atoms with Crippen LogP contribution < -0.4 is 11.1 Å². The highest BCUT2D eigenvalue weighted by atomic mass is 32.2. The molecule has 2 aromatic rings. The lowest BCUT2D eigenvalue weighted by Gasteiger charge is -2.33. The highest BCUT2D eigenvalue weighted by Crippen LogP contribution is 2.39. The Kier molecular flexibility index (Phi) is 7.16. The van der Waals surface area contributed by atoms with Crippen LogP contribution in [-0.4, -0.2) is 73.1 Å². The van der Waals surface area contributed by atoms with Gasteiger partial charge in [0.05, 0.1) is 24.2 Å². The molecule has 3 rings (SSSR count). The zero-order chi connectivity index (χ0) is 36.3. The first-order chi connectivity index (χ1) is 21.9. The predicted octanol–water partition coefficient (Wildman–Crippen LogP) is 2.52. The number of hydrogen-bond donors (Lipinski definition) is 4. The van der Waals surface area contributed by atoms with Crippen molar-refractivity contribution in [3.63, 3.8) is 0 Å². The number of anilines is 1. The van der Waals surface area contributed by atoms with Crippen LogP contribution in [0.2, 0.25) is 0 Å². The zero-order valence-corrected chi connectivity index (χ0v) is 22.3. The van der Waals surface area contributed by atoms with Gasteiger partial charge in [-0.15, -0.1) is 0 Å². The number of nitrogens with zero attached hydrogens (tertiary/aromatic N) is 1. The van der Waals surface area contributed by atoms with Crippen LogP contribution in [-0.2, 0) is 35.0 Å². The average molecular weight is 595 g/mol. The second-order valence-corrected chi connectivity index (χ2v) is 11.6. The van der Waals surface area contributed by atoms with Crippen molar-refractivity contribution in [2.24, 2.45) is 5.89 Å². The second kappa shape index (κ2) is 13.7. The summed E-state index contributed by atoms with van der Waals surface area (Å²) in [5, 5.41) is 2.36. The van der Waals surface area contributed by atoms with Crippen LogP contribution in [0, 0.1) is 5.89 Å². The normalized spacial score (nSPS) is 22.4. The molecule has 14 heteroatoms. The van der Waals surface area contributed by atoms with E-state index in [-0.39, 0.29) is 29.6 Å². The Hall–Kier alpha value is -2.51. The van der Waals surface area contributed by atoms with E-state index in [9.17, 15) is 27.6 Å². The molecular formula is C25H36N3O9PS. The van der Waals surface area contributed by atoms with Crippen LogP contribution in [0.25, 0.3) is 0 Å². The van der Waals surface area contributed by atoms with E-state index in [2.05, 4.69) is 5.32 Å². The molecule has 2 aromatic carbocycles. The van der Waals surface area contributed by atoms with Crippen LogP contribution in [0.1, 0.15) is 38.0 Å². The third-order valence-electron chi connectivity index (χ3n) is 5.54. The monoisotopic (exact) mass is 594 g/mol. The molecule has 0 unspecified atom stereocenters. The number of hydrogen-bond acceptors (Lipinski definition) is 8. The Balaban J connectivity index is 2.25. The molecule has 0 aliphatic carbocycles. The average Bonchev–Trinajstić information content (AvgIpc) is 3.46. The number of ether oxygens (including phenoxy) is 2. The van der Waals surface area contributed by atoms with Crippen LogP contribution in [0.4, 0.5) is 10.5 Å². The molecule has 0 saturated carbocycles. The van der Waals surface area contributed by atoms with E-state index >= 15 is 0 Å². The Morgan fingerprint density at radius 1 is 1.28 bits per heavy atom. The minimum atomic E-state index is -5.64. The summed E-state index contributed by atoms with van der Waals surface area (Å²) in [5.74, 6) is -4.19. The molecule has 1 amide bonds. The summed E-state index contributed by atoms with van der Waals surface area (Å²) in [6.45, 7) is -13.4. The fourth-order valence-electron chi connectivity index (χ4n) is 3.76. The first-order valence-corrected chi connectivity index (χ1v) is 14.6. The van der Waals surface area contributed by atoms with Crippen molar-refractivity contribution >= 4 is 29.6 Å². The number of benzene rings is 2. The number of nitrogens with two attached hydrogens (primary N) is 1. The number of carbonyl (C=O) groups is 1. The van der Waals surface area contributed by atoms with Gasteiger partial charge in [0.25, 0.3) is 0 Å². The Labute approximate surface area is 241 Å². The standard InChI is InChI=1S/C25H36N3O9PS/c1-18(2)15-28(39(33,34)22-10-8-20(26)9-11-22)16-24(37-38(30,31)32)23(14-19-6-4-3-5-7-19)27-25(29)36-21-12-13-35-17-21/h3-11,18,21,23-24H,12-17,26H2,1-2H3,(H,27,29)(H2,30,31,32)/t21-,23-,24+/m0/s1/i1D3,2D3,15D2,18D. The smallest absolute Gasteiger partial charge is 0.444 e. The SMILES string of the molecule is [2H]C([2H])([2H])C([2H])(C([2H])([2H])[2H])C([2H])([2H])N(C[C@@H](OP(=O)(O)O)[C@H](Cc1ccccc1)NC(=O)O[C@H]1CCOC1)S(=O)(=O)c1ccc(N)cc1. The van der Waals surface area contributed by atoms with Crippen molar-refractivity contribution in [1.29, 1.82) is 0 Å². The van der Waals surface area contributed by atoms with Crippen molar-refractivity contribution in [1.82, 2.24) is 9.62 Å². The lowest BCUT2D eigenvalue weighted by molar-refractivity contribution is 0.0601. The number of phosphoric ester groups is 1. The number of rotatable bonds is 13. The Morgan fingerprint density at radius 2 is 1.97 bits per heavy atom. The minimum Gasteiger partial charge on any atom is -0.444 e. The molecule has 1 heterocycles. The topological polar surface area (TPSA) is 178 Å². The van der Waals surface area contributed by atoms with Crippen LogP contribution in [0.3, 0.4) is 0 Å². The van der Waals surface area contributed by atoms with Crippen molar-refractivity contribution in [2.45, 2.75) is 49.7 Å². The molecule has 0 bridgehead atoms. The van der Waals surface area contributed by atoms with Gasteiger partial charge in [0, 0.05) is 37.5 Å². The number of carbonyl (C=O) groups excluding carboxylic acids is 1. The van der Waals surface area contributed by atoms with Crippen LogP contribution in [0.5, 0.6) is 0 Å². The number of amides is 1. The molecule has 1 fully saturated rings. The van der Waals surface area contributed by atoms with Gasteiger partial charge < -0.3 is 30.3 Å². The molecule has 12 nitrogen and oxygen atoms in total. The van der Waals surface area contributed by atoms with Crippen molar-refractivity contribution in [3.05, 3.63) is 60.2 Å². The highest BCUT2D eigenvalue weighted by molar-refractivity contribution is 7.89. The zero-order valence-electron chi connectivity index (χ0n) is 29.6. The van der Waals surface area contributed by atoms with Crippen molar-refractivity contribution < 1.29 is 53.9 Å². The molecule has 1 saturated heterocycles. The first-order valence-electron chi connectivity index (χ1n) is 16.1. The number of nitrogen functional groups attached to an aromatic ring is 1. The number of nitrogens with one attached hydrogen (secondary N) is 1. The summed E-state index contributed by atoms with van der Waals surface area (Å²) >= 11 is 0. The van der Waals surface area contributed by atoms with Gasteiger partial charge >= 0.3 is 13.9 Å². The van der Waals surface area contributed by atoms with Crippen LogP contribution in [0.15, 0.2) is 59.5 Å². The maximum atomic E-state index is 14.1. The maximum Gasteiger partial charge on any atom is 0.469 e. The fraction of sp³-hybridized carbons (Fsp3) is 0.480. The summed E-state index contributed by atoms with van der Waals surface area (Å²) in [6, 6.07) is 10.2. The molecule has 0 aromatic heterocycles. The van der Waals surface area contributed by atoms with E-state index < -0.39 is 79.7 Å². The number of phosphoric acid groups is 1. The molecule has 5 N–H and O–H groups in total.